The monoisotopic (exact) mass is 560 g/mol. The average molecular weight is 562 g/mol. The number of benzene rings is 1. The summed E-state index contributed by atoms with van der Waals surface area (Å²) >= 11 is 22.4. The van der Waals surface area contributed by atoms with Gasteiger partial charge in [-0.25, -0.2) is 14.4 Å². The van der Waals surface area contributed by atoms with Crippen LogP contribution in [0.3, 0.4) is 0 Å². The number of halogens is 4. The molecule has 1 aromatic rings. The van der Waals surface area contributed by atoms with E-state index in [2.05, 4.69) is 0 Å². The topological polar surface area (TPSA) is 116 Å². The maximum absolute atomic E-state index is 12.4. The van der Waals surface area contributed by atoms with E-state index in [1.807, 2.05) is 0 Å². The third kappa shape index (κ3) is 7.24. The summed E-state index contributed by atoms with van der Waals surface area (Å²) in [5.74, 6) is -2.17. The maximum atomic E-state index is 12.4. The summed E-state index contributed by atoms with van der Waals surface area (Å²) in [7, 11) is 0. The maximum Gasteiger partial charge on any atom is 0.511 e. The van der Waals surface area contributed by atoms with Crippen molar-refractivity contribution in [2.24, 2.45) is 0 Å². The van der Waals surface area contributed by atoms with Crippen LogP contribution in [0.25, 0.3) is 0 Å². The second-order valence-electron chi connectivity index (χ2n) is 7.09. The predicted octanol–water partition coefficient (Wildman–Crippen LogP) is 3.26. The lowest BCUT2D eigenvalue weighted by Gasteiger charge is -2.47. The zero-order chi connectivity index (χ0) is 24.8. The molecule has 3 rings (SSSR count). The van der Waals surface area contributed by atoms with Gasteiger partial charge in [-0.15, -0.1) is 0 Å². The van der Waals surface area contributed by atoms with Gasteiger partial charge < -0.3 is 33.2 Å². The van der Waals surface area contributed by atoms with Crippen LogP contribution in [0, 0.1) is 0 Å². The van der Waals surface area contributed by atoms with Gasteiger partial charge in [-0.1, -0.05) is 76.7 Å². The van der Waals surface area contributed by atoms with Gasteiger partial charge >= 0.3 is 18.1 Å². The van der Waals surface area contributed by atoms with Crippen molar-refractivity contribution in [2.75, 3.05) is 6.61 Å². The predicted molar refractivity (Wildman–Crippen MR) is 117 cm³/mol. The van der Waals surface area contributed by atoms with Crippen LogP contribution < -0.4 is 0 Å². The Balaban J connectivity index is 1.81. The Morgan fingerprint density at radius 2 is 1.56 bits per heavy atom. The molecule has 0 aliphatic carbocycles. The number of hydrogen-bond donors (Lipinski definition) is 0. The molecule has 0 unspecified atom stereocenters. The highest BCUT2D eigenvalue weighted by Gasteiger charge is 2.55. The van der Waals surface area contributed by atoms with E-state index in [0.717, 1.165) is 0 Å². The number of hydrogen-bond acceptors (Lipinski definition) is 10. The van der Waals surface area contributed by atoms with Crippen molar-refractivity contribution >= 4 is 64.5 Å². The third-order valence-electron chi connectivity index (χ3n) is 4.71. The smallest absolute Gasteiger partial charge is 0.453 e. The summed E-state index contributed by atoms with van der Waals surface area (Å²) in [6.45, 7) is 1.48. The van der Waals surface area contributed by atoms with Crippen LogP contribution in [0.5, 0.6) is 0 Å². The minimum atomic E-state index is -1.61. The number of carbonyl (C=O) groups is 3. The first-order valence-corrected chi connectivity index (χ1v) is 11.7. The summed E-state index contributed by atoms with van der Waals surface area (Å²) in [4.78, 5) is 33.6. The molecule has 0 N–H and O–H groups in total. The van der Waals surface area contributed by atoms with Gasteiger partial charge in [0.05, 0.1) is 6.61 Å². The van der Waals surface area contributed by atoms with E-state index < -0.39 is 64.8 Å². The molecule has 188 valence electrons. The molecule has 10 nitrogen and oxygen atoms in total. The molecule has 2 fully saturated rings. The second-order valence-corrected chi connectivity index (χ2v) is 9.28. The Labute approximate surface area is 214 Å². The first-order chi connectivity index (χ1) is 16.2. The van der Waals surface area contributed by atoms with E-state index in [4.69, 9.17) is 79.6 Å². The van der Waals surface area contributed by atoms with Crippen LogP contribution >= 0.6 is 46.4 Å². The van der Waals surface area contributed by atoms with Gasteiger partial charge in [0.15, 0.2) is 12.4 Å². The van der Waals surface area contributed by atoms with E-state index in [0.29, 0.717) is 5.56 Å². The summed E-state index contributed by atoms with van der Waals surface area (Å²) in [5.41, 5.74) is 0.698. The fourth-order valence-electron chi connectivity index (χ4n) is 3.24. The van der Waals surface area contributed by atoms with E-state index in [9.17, 15) is 14.4 Å². The van der Waals surface area contributed by atoms with E-state index in [1.54, 1.807) is 37.3 Å². The number of ether oxygens (including phenoxy) is 7. The molecule has 6 atom stereocenters. The molecule has 0 bridgehead atoms. The number of esters is 2. The Kier molecular flexibility index (Phi) is 9.90. The number of carbonyl (C=O) groups excluding carboxylic acids is 3. The van der Waals surface area contributed by atoms with Gasteiger partial charge in [0.2, 0.25) is 22.1 Å². The Morgan fingerprint density at radius 1 is 0.941 bits per heavy atom. The van der Waals surface area contributed by atoms with Crippen LogP contribution in [0.2, 0.25) is 0 Å². The zero-order valence-electron chi connectivity index (χ0n) is 17.5. The molecule has 0 aromatic heterocycles. The molecule has 2 saturated heterocycles. The van der Waals surface area contributed by atoms with Crippen molar-refractivity contribution in [2.45, 2.75) is 60.2 Å². The van der Waals surface area contributed by atoms with Crippen LogP contribution in [0.1, 0.15) is 12.5 Å². The summed E-state index contributed by atoms with van der Waals surface area (Å²) in [5, 5.41) is 0. The highest BCUT2D eigenvalue weighted by Crippen LogP contribution is 2.33. The molecule has 0 radical (unpaired) electrons. The molecule has 0 saturated carbocycles. The molecule has 14 heteroatoms. The summed E-state index contributed by atoms with van der Waals surface area (Å²) in [6, 6.07) is 8.81. The standard InChI is InChI=1S/C20H20Cl4O10/c1-9-28-8-11-12(30-9)13(32-17(25)15(21)22)14(33-18(26)16(23)24)19(31-11)34-20(27)29-7-10-5-3-2-4-6-10/h2-6,9,11-16,19H,7-8H2,1H3/t9-,11-,12-,13+,14-,19+/m1/s1. The van der Waals surface area contributed by atoms with Crippen molar-refractivity contribution in [3.63, 3.8) is 0 Å². The average Bonchev–Trinajstić information content (AvgIpc) is 2.80. The molecule has 2 heterocycles. The number of rotatable bonds is 7. The molecule has 0 spiro atoms. The fraction of sp³-hybridized carbons (Fsp3) is 0.550. The normalized spacial score (nSPS) is 28.7. The van der Waals surface area contributed by atoms with Gasteiger partial charge in [-0.05, 0) is 12.5 Å². The molecule has 2 aliphatic rings. The third-order valence-corrected chi connectivity index (χ3v) is 5.42. The highest BCUT2D eigenvalue weighted by atomic mass is 35.5. The lowest BCUT2D eigenvalue weighted by molar-refractivity contribution is -0.350. The molecular weight excluding hydrogens is 542 g/mol. The Morgan fingerprint density at radius 3 is 2.18 bits per heavy atom. The lowest BCUT2D eigenvalue weighted by atomic mass is 9.97. The van der Waals surface area contributed by atoms with Gasteiger partial charge in [0.25, 0.3) is 0 Å². The van der Waals surface area contributed by atoms with Crippen LogP contribution in [-0.4, -0.2) is 71.4 Å². The minimum absolute atomic E-state index is 0.0156. The van der Waals surface area contributed by atoms with Crippen molar-refractivity contribution in [1.29, 1.82) is 0 Å². The largest absolute Gasteiger partial charge is 0.511 e. The first kappa shape index (κ1) is 27.1. The van der Waals surface area contributed by atoms with Crippen molar-refractivity contribution in [3.05, 3.63) is 35.9 Å². The summed E-state index contributed by atoms with van der Waals surface area (Å²) in [6.07, 6.45) is -8.29. The van der Waals surface area contributed by atoms with Gasteiger partial charge in [-0.2, -0.15) is 0 Å². The number of fused-ring (bicyclic) bond motifs is 1. The number of alkyl halides is 4. The fourth-order valence-corrected chi connectivity index (χ4v) is 3.44. The van der Waals surface area contributed by atoms with E-state index in [1.165, 1.54) is 0 Å². The van der Waals surface area contributed by atoms with Gasteiger partial charge in [0.1, 0.15) is 18.8 Å². The summed E-state index contributed by atoms with van der Waals surface area (Å²) < 4.78 is 37.7. The molecular formula is C20H20Cl4O10. The van der Waals surface area contributed by atoms with Gasteiger partial charge in [-0.3, -0.25) is 0 Å². The van der Waals surface area contributed by atoms with Crippen LogP contribution in [0.15, 0.2) is 30.3 Å². The van der Waals surface area contributed by atoms with Gasteiger partial charge in [0, 0.05) is 0 Å². The zero-order valence-corrected chi connectivity index (χ0v) is 20.5. The Hall–Kier alpha value is -1.53. The van der Waals surface area contributed by atoms with Crippen LogP contribution in [-0.2, 0) is 49.4 Å². The Bertz CT molecular complexity index is 855. The highest BCUT2D eigenvalue weighted by molar-refractivity contribution is 6.53. The van der Waals surface area contributed by atoms with Crippen molar-refractivity contribution in [3.8, 4) is 0 Å². The first-order valence-electron chi connectivity index (χ1n) is 9.93. The van der Waals surface area contributed by atoms with E-state index >= 15 is 0 Å². The SMILES string of the molecule is C[C@@H]1OC[C@H]2O[C@@H](OC(=O)OCc3ccccc3)[C@H](OC(=O)C(Cl)Cl)[C@@H](OC(=O)C(Cl)Cl)[C@@H]2O1. The molecule has 0 amide bonds. The lowest BCUT2D eigenvalue weighted by Crippen LogP contribution is -2.65. The minimum Gasteiger partial charge on any atom is -0.453 e. The second kappa shape index (κ2) is 12.4. The molecule has 1 aromatic carbocycles. The van der Waals surface area contributed by atoms with E-state index in [-0.39, 0.29) is 13.2 Å². The molecule has 34 heavy (non-hydrogen) atoms. The van der Waals surface area contributed by atoms with Crippen LogP contribution in [0.4, 0.5) is 4.79 Å². The quantitative estimate of drug-likeness (QED) is 0.279. The van der Waals surface area contributed by atoms with Crippen molar-refractivity contribution < 1.29 is 47.5 Å². The van der Waals surface area contributed by atoms with Crippen molar-refractivity contribution in [1.82, 2.24) is 0 Å². The molecule has 2 aliphatic heterocycles.